The molecule has 0 bridgehead atoms. The second-order valence-electron chi connectivity index (χ2n) is 5.72. The average molecular weight is 384 g/mol. The molecule has 1 aliphatic carbocycles. The van der Waals surface area contributed by atoms with Crippen LogP contribution < -0.4 is 10.0 Å². The smallest absolute Gasteiger partial charge is 0.413 e. The number of hydrogen-bond donors (Lipinski definition) is 2. The van der Waals surface area contributed by atoms with Gasteiger partial charge in [0.2, 0.25) is 10.0 Å². The standard InChI is InChI=1S/C16H20N2O7S/c1-3-24-16(21)17-14(19)9-25-15(20)13-8-12(7-4-10(13)2)26(22,23)18-11-5-6-11/h4,7-8,11,18H,3,5-6,9H2,1-2H3,(H,17,19,21). The fourth-order valence-corrected chi connectivity index (χ4v) is 3.33. The molecule has 0 radical (unpaired) electrons. The third-order valence-electron chi connectivity index (χ3n) is 3.49. The third-order valence-corrected chi connectivity index (χ3v) is 5.01. The molecule has 2 amide bonds. The summed E-state index contributed by atoms with van der Waals surface area (Å²) in [6.07, 6.45) is 0.634. The molecule has 0 unspecified atom stereocenters. The zero-order valence-corrected chi connectivity index (χ0v) is 15.2. The molecule has 0 atom stereocenters. The lowest BCUT2D eigenvalue weighted by molar-refractivity contribution is -0.123. The van der Waals surface area contributed by atoms with E-state index in [4.69, 9.17) is 4.74 Å². The summed E-state index contributed by atoms with van der Waals surface area (Å²) >= 11 is 0. The first-order valence-electron chi connectivity index (χ1n) is 7.99. The van der Waals surface area contributed by atoms with Gasteiger partial charge in [-0.3, -0.25) is 10.1 Å². The molecule has 1 aromatic rings. The summed E-state index contributed by atoms with van der Waals surface area (Å²) in [7, 11) is -3.72. The van der Waals surface area contributed by atoms with Crippen molar-refractivity contribution < 1.29 is 32.3 Å². The van der Waals surface area contributed by atoms with Crippen LogP contribution >= 0.6 is 0 Å². The van der Waals surface area contributed by atoms with E-state index in [1.807, 2.05) is 5.32 Å². The van der Waals surface area contributed by atoms with E-state index in [9.17, 15) is 22.8 Å². The van der Waals surface area contributed by atoms with Crippen molar-refractivity contribution in [2.24, 2.45) is 0 Å². The Morgan fingerprint density at radius 1 is 1.19 bits per heavy atom. The number of hydrogen-bond acceptors (Lipinski definition) is 7. The number of alkyl carbamates (subject to hydrolysis) is 1. The predicted molar refractivity (Wildman–Crippen MR) is 90.0 cm³/mol. The summed E-state index contributed by atoms with van der Waals surface area (Å²) in [5.41, 5.74) is 0.513. The van der Waals surface area contributed by atoms with Crippen LogP contribution in [0, 0.1) is 6.92 Å². The van der Waals surface area contributed by atoms with E-state index in [-0.39, 0.29) is 23.1 Å². The highest BCUT2D eigenvalue weighted by Gasteiger charge is 2.28. The zero-order chi connectivity index (χ0) is 19.3. The molecule has 142 valence electrons. The van der Waals surface area contributed by atoms with Crippen LogP contribution in [0.25, 0.3) is 0 Å². The Labute approximate surface area is 151 Å². The van der Waals surface area contributed by atoms with Crippen LogP contribution in [0.2, 0.25) is 0 Å². The first-order valence-corrected chi connectivity index (χ1v) is 9.48. The van der Waals surface area contributed by atoms with Gasteiger partial charge in [-0.1, -0.05) is 6.07 Å². The maximum Gasteiger partial charge on any atom is 0.413 e. The topological polar surface area (TPSA) is 128 Å². The van der Waals surface area contributed by atoms with E-state index >= 15 is 0 Å². The predicted octanol–water partition coefficient (Wildman–Crippen LogP) is 0.865. The number of carbonyl (C=O) groups excluding carboxylic acids is 3. The average Bonchev–Trinajstić information content (AvgIpc) is 3.36. The van der Waals surface area contributed by atoms with E-state index in [1.54, 1.807) is 13.8 Å². The van der Waals surface area contributed by atoms with Crippen molar-refractivity contribution in [3.63, 3.8) is 0 Å². The number of sulfonamides is 1. The highest BCUT2D eigenvalue weighted by atomic mass is 32.2. The molecular weight excluding hydrogens is 364 g/mol. The number of amides is 2. The molecule has 0 aliphatic heterocycles. The summed E-state index contributed by atoms with van der Waals surface area (Å²) < 4.78 is 36.4. The highest BCUT2D eigenvalue weighted by molar-refractivity contribution is 7.89. The number of aryl methyl sites for hydroxylation is 1. The lowest BCUT2D eigenvalue weighted by Gasteiger charge is -2.10. The summed E-state index contributed by atoms with van der Waals surface area (Å²) in [4.78, 5) is 34.7. The van der Waals surface area contributed by atoms with Crippen molar-refractivity contribution in [1.82, 2.24) is 10.0 Å². The van der Waals surface area contributed by atoms with Gasteiger partial charge in [-0.2, -0.15) is 0 Å². The molecule has 0 saturated heterocycles. The number of benzene rings is 1. The fraction of sp³-hybridized carbons (Fsp3) is 0.438. The van der Waals surface area contributed by atoms with Gasteiger partial charge in [-0.05, 0) is 44.4 Å². The Bertz CT molecular complexity index is 816. The quantitative estimate of drug-likeness (QED) is 0.667. The summed E-state index contributed by atoms with van der Waals surface area (Å²) in [6.45, 7) is 2.58. The Morgan fingerprint density at radius 2 is 1.88 bits per heavy atom. The largest absolute Gasteiger partial charge is 0.452 e. The fourth-order valence-electron chi connectivity index (χ4n) is 2.00. The van der Waals surface area contributed by atoms with E-state index < -0.39 is 34.6 Å². The lowest BCUT2D eigenvalue weighted by atomic mass is 10.1. The van der Waals surface area contributed by atoms with Crippen LogP contribution in [0.1, 0.15) is 35.7 Å². The second-order valence-corrected chi connectivity index (χ2v) is 7.43. The number of rotatable bonds is 7. The van der Waals surface area contributed by atoms with Gasteiger partial charge in [-0.15, -0.1) is 0 Å². The number of nitrogens with one attached hydrogen (secondary N) is 2. The van der Waals surface area contributed by atoms with Crippen molar-refractivity contribution in [2.45, 2.75) is 37.6 Å². The summed E-state index contributed by atoms with van der Waals surface area (Å²) in [5, 5.41) is 1.88. The van der Waals surface area contributed by atoms with Gasteiger partial charge in [0.15, 0.2) is 6.61 Å². The van der Waals surface area contributed by atoms with Crippen molar-refractivity contribution in [3.8, 4) is 0 Å². The van der Waals surface area contributed by atoms with Gasteiger partial charge in [0, 0.05) is 6.04 Å². The van der Waals surface area contributed by atoms with E-state index in [0.29, 0.717) is 5.56 Å². The van der Waals surface area contributed by atoms with Crippen LogP contribution in [-0.4, -0.2) is 45.6 Å². The first-order chi connectivity index (χ1) is 12.2. The number of imide groups is 1. The first kappa shape index (κ1) is 19.9. The minimum Gasteiger partial charge on any atom is -0.452 e. The monoisotopic (exact) mass is 384 g/mol. The molecule has 1 aromatic carbocycles. The van der Waals surface area contributed by atoms with Crippen LogP contribution in [0.3, 0.4) is 0 Å². The third kappa shape index (κ3) is 5.53. The molecule has 2 rings (SSSR count). The maximum atomic E-state index is 12.2. The Balaban J connectivity index is 2.02. The molecule has 0 aromatic heterocycles. The molecule has 26 heavy (non-hydrogen) atoms. The van der Waals surface area contributed by atoms with Crippen LogP contribution in [0.5, 0.6) is 0 Å². The second kappa shape index (κ2) is 8.28. The lowest BCUT2D eigenvalue weighted by Crippen LogP contribution is -2.34. The molecule has 0 spiro atoms. The van der Waals surface area contributed by atoms with Gasteiger partial charge in [0.25, 0.3) is 5.91 Å². The van der Waals surface area contributed by atoms with Crippen LogP contribution in [0.4, 0.5) is 4.79 Å². The van der Waals surface area contributed by atoms with Crippen molar-refractivity contribution in [2.75, 3.05) is 13.2 Å². The van der Waals surface area contributed by atoms with Crippen molar-refractivity contribution in [1.29, 1.82) is 0 Å². The summed E-state index contributed by atoms with van der Waals surface area (Å²) in [6, 6.07) is 4.01. The molecule has 9 nitrogen and oxygen atoms in total. The Hall–Kier alpha value is -2.46. The minimum atomic E-state index is -3.72. The van der Waals surface area contributed by atoms with Crippen molar-refractivity contribution >= 4 is 28.0 Å². The van der Waals surface area contributed by atoms with Crippen LogP contribution in [-0.2, 0) is 24.3 Å². The Morgan fingerprint density at radius 3 is 2.50 bits per heavy atom. The van der Waals surface area contributed by atoms with E-state index in [1.165, 1.54) is 18.2 Å². The summed E-state index contributed by atoms with van der Waals surface area (Å²) in [5.74, 6) is -1.72. The van der Waals surface area contributed by atoms with Crippen molar-refractivity contribution in [3.05, 3.63) is 29.3 Å². The number of carbonyl (C=O) groups is 3. The van der Waals surface area contributed by atoms with Gasteiger partial charge >= 0.3 is 12.1 Å². The van der Waals surface area contributed by atoms with Crippen LogP contribution in [0.15, 0.2) is 23.1 Å². The minimum absolute atomic E-state index is 0.0209. The molecular formula is C16H20N2O7S. The molecule has 10 heteroatoms. The molecule has 1 saturated carbocycles. The van der Waals surface area contributed by atoms with Gasteiger partial charge < -0.3 is 9.47 Å². The van der Waals surface area contributed by atoms with E-state index in [0.717, 1.165) is 12.8 Å². The van der Waals surface area contributed by atoms with E-state index in [2.05, 4.69) is 9.46 Å². The maximum absolute atomic E-state index is 12.2. The Kier molecular flexibility index (Phi) is 6.32. The highest BCUT2D eigenvalue weighted by Crippen LogP contribution is 2.23. The SMILES string of the molecule is CCOC(=O)NC(=O)COC(=O)c1cc(S(=O)(=O)NC2CC2)ccc1C. The van der Waals surface area contributed by atoms with Gasteiger partial charge in [0.1, 0.15) is 0 Å². The zero-order valence-electron chi connectivity index (χ0n) is 14.4. The van der Waals surface area contributed by atoms with Gasteiger partial charge in [-0.25, -0.2) is 22.7 Å². The molecule has 2 N–H and O–H groups in total. The molecule has 0 heterocycles. The number of ether oxygens (including phenoxy) is 2. The normalized spacial score (nSPS) is 13.8. The molecule has 1 aliphatic rings. The van der Waals surface area contributed by atoms with Gasteiger partial charge in [0.05, 0.1) is 17.1 Å². The molecule has 1 fully saturated rings. The number of esters is 1.